The first kappa shape index (κ1) is 15.6. The molecule has 0 aliphatic carbocycles. The highest BCUT2D eigenvalue weighted by Gasteiger charge is 2.09. The second kappa shape index (κ2) is 8.58. The lowest BCUT2D eigenvalue weighted by atomic mass is 10.3. The predicted octanol–water partition coefficient (Wildman–Crippen LogP) is 2.80. The lowest BCUT2D eigenvalue weighted by molar-refractivity contribution is -0.122. The van der Waals surface area contributed by atoms with Crippen molar-refractivity contribution in [1.82, 2.24) is 5.32 Å². The van der Waals surface area contributed by atoms with Gasteiger partial charge in [0.15, 0.2) is 6.61 Å². The molecule has 1 N–H and O–H groups in total. The second-order valence-corrected chi connectivity index (χ2v) is 3.82. The maximum atomic E-state index is 11.8. The molecule has 1 amide bonds. The molecule has 4 heteroatoms. The van der Waals surface area contributed by atoms with Crippen LogP contribution in [0.1, 0.15) is 6.92 Å². The summed E-state index contributed by atoms with van der Waals surface area (Å²) in [4.78, 5) is 11.8. The van der Waals surface area contributed by atoms with Crippen molar-refractivity contribution in [2.24, 2.45) is 0 Å². The number of para-hydroxylation sites is 1. The maximum Gasteiger partial charge on any atom is 0.262 e. The van der Waals surface area contributed by atoms with Crippen LogP contribution in [0.25, 0.3) is 0 Å². The number of ether oxygens (including phenoxy) is 2. The van der Waals surface area contributed by atoms with Gasteiger partial charge in [-0.1, -0.05) is 30.9 Å². The molecule has 0 aliphatic rings. The fourth-order valence-corrected chi connectivity index (χ4v) is 1.54. The average Bonchev–Trinajstić information content (AvgIpc) is 2.47. The van der Waals surface area contributed by atoms with E-state index >= 15 is 0 Å². The molecule has 0 aliphatic heterocycles. The highest BCUT2D eigenvalue weighted by molar-refractivity contribution is 5.80. The summed E-state index contributed by atoms with van der Waals surface area (Å²) in [5.74, 6) is 0.950. The van der Waals surface area contributed by atoms with Gasteiger partial charge < -0.3 is 14.8 Å². The lowest BCUT2D eigenvalue weighted by Crippen LogP contribution is -2.29. The van der Waals surface area contributed by atoms with Gasteiger partial charge in [0, 0.05) is 0 Å². The van der Waals surface area contributed by atoms with E-state index in [0.29, 0.717) is 17.2 Å². The molecule has 0 saturated carbocycles. The van der Waals surface area contributed by atoms with E-state index in [2.05, 4.69) is 11.9 Å². The van der Waals surface area contributed by atoms with Crippen molar-refractivity contribution in [2.75, 3.05) is 13.7 Å². The molecule has 0 aromatic heterocycles. The first-order valence-corrected chi connectivity index (χ1v) is 6.22. The topological polar surface area (TPSA) is 47.6 Å². The number of allylic oxidation sites excluding steroid dienone is 3. The largest absolute Gasteiger partial charge is 0.495 e. The Labute approximate surface area is 119 Å². The van der Waals surface area contributed by atoms with Crippen molar-refractivity contribution >= 4 is 5.91 Å². The van der Waals surface area contributed by atoms with E-state index in [1.165, 1.54) is 0 Å². The van der Waals surface area contributed by atoms with Crippen LogP contribution in [0, 0.1) is 0 Å². The third-order valence-corrected chi connectivity index (χ3v) is 2.42. The summed E-state index contributed by atoms with van der Waals surface area (Å²) < 4.78 is 10.5. The Morgan fingerprint density at radius 1 is 1.35 bits per heavy atom. The van der Waals surface area contributed by atoms with Gasteiger partial charge >= 0.3 is 0 Å². The van der Waals surface area contributed by atoms with Gasteiger partial charge in [-0.2, -0.15) is 0 Å². The van der Waals surface area contributed by atoms with E-state index in [9.17, 15) is 4.79 Å². The first-order valence-electron chi connectivity index (χ1n) is 6.22. The van der Waals surface area contributed by atoms with E-state index in [4.69, 9.17) is 9.47 Å². The van der Waals surface area contributed by atoms with Gasteiger partial charge in [0.25, 0.3) is 5.91 Å². The van der Waals surface area contributed by atoms with Crippen molar-refractivity contribution in [3.8, 4) is 5.75 Å². The number of nitrogens with one attached hydrogen (secondary N) is 1. The third kappa shape index (κ3) is 5.02. The molecular formula is C16H19NO3. The summed E-state index contributed by atoms with van der Waals surface area (Å²) in [5, 5.41) is 2.72. The minimum atomic E-state index is -0.265. The minimum Gasteiger partial charge on any atom is -0.495 e. The Kier molecular flexibility index (Phi) is 6.68. The van der Waals surface area contributed by atoms with Crippen LogP contribution in [-0.4, -0.2) is 19.6 Å². The number of hydrogen-bond donors (Lipinski definition) is 1. The van der Waals surface area contributed by atoms with Crippen LogP contribution in [0.5, 0.6) is 5.75 Å². The zero-order valence-corrected chi connectivity index (χ0v) is 11.8. The van der Waals surface area contributed by atoms with Crippen molar-refractivity contribution in [1.29, 1.82) is 0 Å². The predicted molar refractivity (Wildman–Crippen MR) is 79.1 cm³/mol. The van der Waals surface area contributed by atoms with Gasteiger partial charge in [0.2, 0.25) is 0 Å². The Bertz CT molecular complexity index is 504. The molecule has 4 nitrogen and oxygen atoms in total. The zero-order chi connectivity index (χ0) is 14.8. The SMILES string of the molecule is C=C/C=C(NC(=O)COc1ccccc1)\C(=C/C)OC. The molecule has 1 rings (SSSR count). The summed E-state index contributed by atoms with van der Waals surface area (Å²) in [5.41, 5.74) is 0.548. The number of methoxy groups -OCH3 is 1. The van der Waals surface area contributed by atoms with Crippen LogP contribution in [-0.2, 0) is 9.53 Å². The van der Waals surface area contributed by atoms with Crippen LogP contribution in [0.15, 0.2) is 66.6 Å². The van der Waals surface area contributed by atoms with Gasteiger partial charge in [-0.15, -0.1) is 0 Å². The summed E-state index contributed by atoms with van der Waals surface area (Å²) in [7, 11) is 1.54. The van der Waals surface area contributed by atoms with Crippen LogP contribution in [0.4, 0.5) is 0 Å². The number of hydrogen-bond acceptors (Lipinski definition) is 3. The third-order valence-electron chi connectivity index (χ3n) is 2.42. The number of benzene rings is 1. The molecular weight excluding hydrogens is 254 g/mol. The van der Waals surface area contributed by atoms with Crippen LogP contribution in [0.3, 0.4) is 0 Å². The molecule has 0 bridgehead atoms. The molecule has 0 fully saturated rings. The lowest BCUT2D eigenvalue weighted by Gasteiger charge is -2.12. The molecule has 0 spiro atoms. The summed E-state index contributed by atoms with van der Waals surface area (Å²) in [6, 6.07) is 9.16. The molecule has 0 atom stereocenters. The van der Waals surface area contributed by atoms with E-state index < -0.39 is 0 Å². The van der Waals surface area contributed by atoms with E-state index in [1.807, 2.05) is 25.1 Å². The van der Waals surface area contributed by atoms with Crippen molar-refractivity contribution in [2.45, 2.75) is 6.92 Å². The Hall–Kier alpha value is -2.49. The molecule has 0 radical (unpaired) electrons. The average molecular weight is 273 g/mol. The normalized spacial score (nSPS) is 11.7. The molecule has 1 aromatic carbocycles. The van der Waals surface area contributed by atoms with Crippen LogP contribution >= 0.6 is 0 Å². The van der Waals surface area contributed by atoms with Crippen LogP contribution < -0.4 is 10.1 Å². The minimum absolute atomic E-state index is 0.0702. The second-order valence-electron chi connectivity index (χ2n) is 3.82. The quantitative estimate of drug-likeness (QED) is 0.614. The standard InChI is InChI=1S/C16H19NO3/c1-4-9-14(15(5-2)19-3)17-16(18)12-20-13-10-7-6-8-11-13/h4-11H,1,12H2,2-3H3,(H,17,18)/b14-9+,15-5+. The highest BCUT2D eigenvalue weighted by Crippen LogP contribution is 2.09. The smallest absolute Gasteiger partial charge is 0.262 e. The Morgan fingerprint density at radius 3 is 2.60 bits per heavy atom. The number of carbonyl (C=O) groups excluding carboxylic acids is 1. The van der Waals surface area contributed by atoms with Gasteiger partial charge in [-0.25, -0.2) is 0 Å². The van der Waals surface area contributed by atoms with Gasteiger partial charge in [0.05, 0.1) is 12.8 Å². The van der Waals surface area contributed by atoms with E-state index in [1.54, 1.807) is 37.5 Å². The first-order chi connectivity index (χ1) is 9.71. The van der Waals surface area contributed by atoms with Gasteiger partial charge in [-0.05, 0) is 31.2 Å². The molecule has 106 valence electrons. The Morgan fingerprint density at radius 2 is 2.05 bits per heavy atom. The number of rotatable bonds is 7. The molecule has 0 heterocycles. The van der Waals surface area contributed by atoms with Crippen molar-refractivity contribution in [3.63, 3.8) is 0 Å². The Balaban J connectivity index is 2.59. The summed E-state index contributed by atoms with van der Waals surface area (Å²) >= 11 is 0. The van der Waals surface area contributed by atoms with Gasteiger partial charge in [0.1, 0.15) is 11.5 Å². The highest BCUT2D eigenvalue weighted by atomic mass is 16.5. The van der Waals surface area contributed by atoms with E-state index in [0.717, 1.165) is 0 Å². The van der Waals surface area contributed by atoms with Gasteiger partial charge in [-0.3, -0.25) is 4.79 Å². The molecule has 1 aromatic rings. The zero-order valence-electron chi connectivity index (χ0n) is 11.8. The molecule has 0 unspecified atom stereocenters. The number of amides is 1. The van der Waals surface area contributed by atoms with Crippen LogP contribution in [0.2, 0.25) is 0 Å². The fourth-order valence-electron chi connectivity index (χ4n) is 1.54. The fraction of sp³-hybridized carbons (Fsp3) is 0.188. The monoisotopic (exact) mass is 273 g/mol. The van der Waals surface area contributed by atoms with Crippen molar-refractivity contribution in [3.05, 3.63) is 66.6 Å². The summed E-state index contributed by atoms with van der Waals surface area (Å²) in [6.45, 7) is 5.36. The molecule has 0 saturated heterocycles. The molecule has 20 heavy (non-hydrogen) atoms. The summed E-state index contributed by atoms with van der Waals surface area (Å²) in [6.07, 6.45) is 5.00. The maximum absolute atomic E-state index is 11.8. The number of carbonyl (C=O) groups is 1. The van der Waals surface area contributed by atoms with Crippen molar-refractivity contribution < 1.29 is 14.3 Å². The van der Waals surface area contributed by atoms with E-state index in [-0.39, 0.29) is 12.5 Å².